The predicted octanol–water partition coefficient (Wildman–Crippen LogP) is 1.92. The molecule has 0 aromatic rings. The van der Waals surface area contributed by atoms with Crippen LogP contribution in [0.3, 0.4) is 0 Å². The van der Waals surface area contributed by atoms with E-state index in [1.165, 1.54) is 0 Å². The molecule has 0 heterocycles. The summed E-state index contributed by atoms with van der Waals surface area (Å²) < 4.78 is 4.90. The lowest BCUT2D eigenvalue weighted by Gasteiger charge is -2.12. The molecule has 0 rings (SSSR count). The van der Waals surface area contributed by atoms with Gasteiger partial charge in [0.15, 0.2) is 0 Å². The summed E-state index contributed by atoms with van der Waals surface area (Å²) in [6.45, 7) is 5.85. The van der Waals surface area contributed by atoms with Crippen molar-refractivity contribution in [3.63, 3.8) is 0 Å². The fourth-order valence-corrected chi connectivity index (χ4v) is 1.91. The second-order valence-electron chi connectivity index (χ2n) is 3.53. The Kier molecular flexibility index (Phi) is 10.2. The maximum atomic E-state index is 11.4. The van der Waals surface area contributed by atoms with Gasteiger partial charge in [0.1, 0.15) is 0 Å². The molecule has 0 spiro atoms. The van der Waals surface area contributed by atoms with Crippen LogP contribution in [0, 0.1) is 5.92 Å². The van der Waals surface area contributed by atoms with Gasteiger partial charge >= 0.3 is 0 Å². The Morgan fingerprint density at radius 2 is 2.07 bits per heavy atom. The molecular weight excluding hydrogens is 210 g/mol. The van der Waals surface area contributed by atoms with Crippen LogP contribution in [0.15, 0.2) is 0 Å². The number of carbonyl (C=O) groups is 1. The van der Waals surface area contributed by atoms with Gasteiger partial charge in [-0.2, -0.15) is 0 Å². The Morgan fingerprint density at radius 1 is 1.40 bits per heavy atom. The fourth-order valence-electron chi connectivity index (χ4n) is 1.19. The van der Waals surface area contributed by atoms with Gasteiger partial charge in [-0.3, -0.25) is 4.79 Å². The van der Waals surface area contributed by atoms with E-state index in [0.717, 1.165) is 25.1 Å². The number of hydrogen-bond donors (Lipinski definition) is 1. The van der Waals surface area contributed by atoms with Gasteiger partial charge < -0.3 is 10.1 Å². The molecule has 0 saturated heterocycles. The van der Waals surface area contributed by atoms with Crippen molar-refractivity contribution in [2.24, 2.45) is 5.92 Å². The van der Waals surface area contributed by atoms with Crippen molar-refractivity contribution in [1.29, 1.82) is 0 Å². The first-order valence-corrected chi connectivity index (χ1v) is 6.73. The maximum Gasteiger partial charge on any atom is 0.230 e. The van der Waals surface area contributed by atoms with E-state index in [1.807, 2.05) is 0 Å². The van der Waals surface area contributed by atoms with E-state index in [0.29, 0.717) is 18.3 Å². The molecule has 0 aliphatic carbocycles. The third-order valence-corrected chi connectivity index (χ3v) is 3.33. The minimum atomic E-state index is 0.142. The summed E-state index contributed by atoms with van der Waals surface area (Å²) >= 11 is 1.62. The lowest BCUT2D eigenvalue weighted by atomic mass is 10.0. The summed E-state index contributed by atoms with van der Waals surface area (Å²) in [5.74, 6) is 2.19. The number of amides is 1. The number of carbonyl (C=O) groups excluding carboxylic acids is 1. The minimum absolute atomic E-state index is 0.142. The Balaban J connectivity index is 3.40. The van der Waals surface area contributed by atoms with Crippen LogP contribution in [-0.4, -0.2) is 37.7 Å². The first kappa shape index (κ1) is 14.8. The smallest absolute Gasteiger partial charge is 0.230 e. The standard InChI is InChI=1S/C11H23NO2S/c1-4-10(5-2)8-12-11(13)9-15-7-6-14-3/h10H,4-9H2,1-3H3,(H,12,13). The van der Waals surface area contributed by atoms with Crippen molar-refractivity contribution in [2.45, 2.75) is 26.7 Å². The third-order valence-electron chi connectivity index (χ3n) is 2.41. The van der Waals surface area contributed by atoms with Crippen molar-refractivity contribution in [1.82, 2.24) is 5.32 Å². The van der Waals surface area contributed by atoms with Crippen molar-refractivity contribution < 1.29 is 9.53 Å². The summed E-state index contributed by atoms with van der Waals surface area (Å²) in [6, 6.07) is 0. The highest BCUT2D eigenvalue weighted by Crippen LogP contribution is 2.05. The largest absolute Gasteiger partial charge is 0.384 e. The maximum absolute atomic E-state index is 11.4. The van der Waals surface area contributed by atoms with E-state index in [-0.39, 0.29) is 5.91 Å². The molecule has 90 valence electrons. The van der Waals surface area contributed by atoms with Crippen LogP contribution in [-0.2, 0) is 9.53 Å². The summed E-state index contributed by atoms with van der Waals surface area (Å²) in [5, 5.41) is 2.96. The van der Waals surface area contributed by atoms with Crippen LogP contribution in [0.4, 0.5) is 0 Å². The molecule has 0 fully saturated rings. The van der Waals surface area contributed by atoms with Crippen LogP contribution in [0.2, 0.25) is 0 Å². The minimum Gasteiger partial charge on any atom is -0.384 e. The Hall–Kier alpha value is -0.220. The molecule has 1 amide bonds. The van der Waals surface area contributed by atoms with Crippen LogP contribution in [0.5, 0.6) is 0 Å². The molecule has 0 radical (unpaired) electrons. The van der Waals surface area contributed by atoms with E-state index in [2.05, 4.69) is 19.2 Å². The third kappa shape index (κ3) is 8.75. The van der Waals surface area contributed by atoms with E-state index in [1.54, 1.807) is 18.9 Å². The monoisotopic (exact) mass is 233 g/mol. The zero-order valence-corrected chi connectivity index (χ0v) is 10.9. The first-order valence-electron chi connectivity index (χ1n) is 5.57. The van der Waals surface area contributed by atoms with Crippen molar-refractivity contribution in [3.8, 4) is 0 Å². The quantitative estimate of drug-likeness (QED) is 0.618. The molecule has 0 saturated carbocycles. The highest BCUT2D eigenvalue weighted by atomic mass is 32.2. The van der Waals surface area contributed by atoms with Gasteiger partial charge in [0.05, 0.1) is 12.4 Å². The molecule has 0 aliphatic heterocycles. The van der Waals surface area contributed by atoms with Crippen LogP contribution >= 0.6 is 11.8 Å². The van der Waals surface area contributed by atoms with Crippen LogP contribution < -0.4 is 5.32 Å². The van der Waals surface area contributed by atoms with Gasteiger partial charge in [-0.1, -0.05) is 26.7 Å². The SMILES string of the molecule is CCC(CC)CNC(=O)CSCCOC. The molecule has 0 aromatic heterocycles. The van der Waals surface area contributed by atoms with Gasteiger partial charge in [-0.05, 0) is 5.92 Å². The zero-order chi connectivity index (χ0) is 11.5. The van der Waals surface area contributed by atoms with Crippen molar-refractivity contribution in [3.05, 3.63) is 0 Å². The predicted molar refractivity (Wildman–Crippen MR) is 66.3 cm³/mol. The fraction of sp³-hybridized carbons (Fsp3) is 0.909. The average molecular weight is 233 g/mol. The highest BCUT2D eigenvalue weighted by molar-refractivity contribution is 7.99. The normalized spacial score (nSPS) is 10.7. The van der Waals surface area contributed by atoms with Crippen molar-refractivity contribution >= 4 is 17.7 Å². The van der Waals surface area contributed by atoms with Gasteiger partial charge in [0.2, 0.25) is 5.91 Å². The summed E-state index contributed by atoms with van der Waals surface area (Å²) in [4.78, 5) is 11.4. The molecule has 4 heteroatoms. The Morgan fingerprint density at radius 3 is 2.60 bits per heavy atom. The zero-order valence-electron chi connectivity index (χ0n) is 10.0. The molecule has 3 nitrogen and oxygen atoms in total. The van der Waals surface area contributed by atoms with Gasteiger partial charge in [-0.15, -0.1) is 11.8 Å². The molecule has 15 heavy (non-hydrogen) atoms. The van der Waals surface area contributed by atoms with Gasteiger partial charge in [0.25, 0.3) is 0 Å². The van der Waals surface area contributed by atoms with Crippen molar-refractivity contribution in [2.75, 3.05) is 31.8 Å². The van der Waals surface area contributed by atoms with Crippen LogP contribution in [0.25, 0.3) is 0 Å². The van der Waals surface area contributed by atoms with E-state index in [4.69, 9.17) is 4.74 Å². The van der Waals surface area contributed by atoms with E-state index < -0.39 is 0 Å². The summed E-state index contributed by atoms with van der Waals surface area (Å²) in [5.41, 5.74) is 0. The molecular formula is C11H23NO2S. The average Bonchev–Trinajstić information content (AvgIpc) is 2.26. The first-order chi connectivity index (χ1) is 7.24. The molecule has 0 aliphatic rings. The molecule has 0 aromatic carbocycles. The molecule has 0 unspecified atom stereocenters. The summed E-state index contributed by atoms with van der Waals surface area (Å²) in [7, 11) is 1.67. The molecule has 1 N–H and O–H groups in total. The van der Waals surface area contributed by atoms with Gasteiger partial charge in [0, 0.05) is 19.4 Å². The second kappa shape index (κ2) is 10.3. The van der Waals surface area contributed by atoms with Crippen LogP contribution in [0.1, 0.15) is 26.7 Å². The number of nitrogens with one attached hydrogen (secondary N) is 1. The lowest BCUT2D eigenvalue weighted by Crippen LogP contribution is -2.30. The number of hydrogen-bond acceptors (Lipinski definition) is 3. The topological polar surface area (TPSA) is 38.3 Å². The Bertz CT molecular complexity index is 161. The Labute approximate surface area is 97.3 Å². The van der Waals surface area contributed by atoms with E-state index in [9.17, 15) is 4.79 Å². The number of rotatable bonds is 9. The van der Waals surface area contributed by atoms with E-state index >= 15 is 0 Å². The lowest BCUT2D eigenvalue weighted by molar-refractivity contribution is -0.118. The number of methoxy groups -OCH3 is 1. The van der Waals surface area contributed by atoms with Gasteiger partial charge in [-0.25, -0.2) is 0 Å². The summed E-state index contributed by atoms with van der Waals surface area (Å²) in [6.07, 6.45) is 2.27. The second-order valence-corrected chi connectivity index (χ2v) is 4.64. The highest BCUT2D eigenvalue weighted by Gasteiger charge is 2.06. The molecule has 0 atom stereocenters. The number of thioether (sulfide) groups is 1. The number of ether oxygens (including phenoxy) is 1. The molecule has 0 bridgehead atoms.